The first-order chi connectivity index (χ1) is 12.7. The molecule has 3 rings (SSSR count). The zero-order chi connectivity index (χ0) is 19.7. The topological polar surface area (TPSA) is 136 Å². The number of nitrogens with zero attached hydrogens (tertiary/aromatic N) is 3. The number of primary amides is 1. The van der Waals surface area contributed by atoms with Crippen molar-refractivity contribution in [1.82, 2.24) is 25.9 Å². The van der Waals surface area contributed by atoms with E-state index in [1.807, 2.05) is 0 Å². The number of fused-ring (bicyclic) bond motifs is 1. The molecule has 0 bridgehead atoms. The SMILES string of the molecule is [2H]C1([2H])[C@H]2C[C@@H](CCc3nn[nH]n3)CC[C@H]2CN[C@]1([2H])C(=O)OCC(N)=O. The van der Waals surface area contributed by atoms with Gasteiger partial charge >= 0.3 is 5.97 Å². The number of aryl methyl sites for hydroxylation is 1. The molecule has 0 aromatic carbocycles. The zero-order valence-corrected chi connectivity index (χ0v) is 13.3. The van der Waals surface area contributed by atoms with E-state index in [2.05, 4.69) is 25.9 Å². The summed E-state index contributed by atoms with van der Waals surface area (Å²) in [6.07, 6.45) is 1.64. The molecule has 2 heterocycles. The predicted molar refractivity (Wildman–Crippen MR) is 83.4 cm³/mol. The molecule has 1 aliphatic heterocycles. The van der Waals surface area contributed by atoms with E-state index in [9.17, 15) is 9.59 Å². The fourth-order valence-electron chi connectivity index (χ4n) is 3.43. The summed E-state index contributed by atoms with van der Waals surface area (Å²) in [5, 5.41) is 16.5. The van der Waals surface area contributed by atoms with Crippen molar-refractivity contribution in [2.45, 2.75) is 44.5 Å². The molecule has 132 valence electrons. The number of nitrogens with one attached hydrogen (secondary N) is 2. The second-order valence-corrected chi connectivity index (χ2v) is 6.36. The van der Waals surface area contributed by atoms with Crippen LogP contribution in [0.2, 0.25) is 0 Å². The van der Waals surface area contributed by atoms with Gasteiger partial charge in [0.25, 0.3) is 5.91 Å². The van der Waals surface area contributed by atoms with E-state index in [1.165, 1.54) is 0 Å². The van der Waals surface area contributed by atoms with Gasteiger partial charge in [-0.15, -0.1) is 10.2 Å². The molecule has 1 aliphatic carbocycles. The summed E-state index contributed by atoms with van der Waals surface area (Å²) >= 11 is 0. The molecule has 2 aliphatic rings. The molecule has 1 amide bonds. The minimum absolute atomic E-state index is 0.0452. The molecule has 9 heteroatoms. The molecule has 1 aromatic heterocycles. The summed E-state index contributed by atoms with van der Waals surface area (Å²) in [4.78, 5) is 23.2. The third-order valence-corrected chi connectivity index (χ3v) is 4.69. The summed E-state index contributed by atoms with van der Waals surface area (Å²) in [5.74, 6) is -1.50. The van der Waals surface area contributed by atoms with Gasteiger partial charge in [0.05, 0.1) is 1.37 Å². The Morgan fingerprint density at radius 2 is 2.29 bits per heavy atom. The monoisotopic (exact) mass is 339 g/mol. The van der Waals surface area contributed by atoms with Gasteiger partial charge in [0.15, 0.2) is 12.4 Å². The van der Waals surface area contributed by atoms with Crippen LogP contribution in [0.5, 0.6) is 0 Å². The van der Waals surface area contributed by atoms with E-state index in [-0.39, 0.29) is 11.8 Å². The Morgan fingerprint density at radius 3 is 3.04 bits per heavy atom. The van der Waals surface area contributed by atoms with Gasteiger partial charge in [0.2, 0.25) is 0 Å². The number of H-pyrrole nitrogens is 1. The fourth-order valence-corrected chi connectivity index (χ4v) is 3.43. The van der Waals surface area contributed by atoms with E-state index in [4.69, 9.17) is 14.6 Å². The van der Waals surface area contributed by atoms with Gasteiger partial charge in [0, 0.05) is 9.16 Å². The molecule has 4 atom stereocenters. The number of aromatic nitrogens is 4. The van der Waals surface area contributed by atoms with Crippen LogP contribution >= 0.6 is 0 Å². The van der Waals surface area contributed by atoms with Crippen molar-refractivity contribution in [2.24, 2.45) is 23.5 Å². The van der Waals surface area contributed by atoms with Gasteiger partial charge in [-0.05, 0) is 49.9 Å². The number of amides is 1. The number of nitrogens with two attached hydrogens (primary N) is 1. The molecule has 1 saturated heterocycles. The van der Waals surface area contributed by atoms with E-state index in [0.29, 0.717) is 25.2 Å². The Kier molecular flexibility index (Phi) is 4.26. The third-order valence-electron chi connectivity index (χ3n) is 4.69. The standard InChI is InChI=1S/C15H24N6O3/c16-13(22)8-24-15(23)12-6-11-5-9(1-3-10(11)7-17-12)2-4-14-18-20-21-19-14/h9-12,17H,1-8H2,(H2,16,22)(H,18,19,20,21)/t9-,10+,11-,12+/m1/s1/i6D2,12D. The maximum absolute atomic E-state index is 12.3. The van der Waals surface area contributed by atoms with Crippen LogP contribution in [0.15, 0.2) is 0 Å². The lowest BCUT2D eigenvalue weighted by molar-refractivity contribution is -0.151. The Hall–Kier alpha value is -2.03. The highest BCUT2D eigenvalue weighted by Gasteiger charge is 2.38. The van der Waals surface area contributed by atoms with Crippen LogP contribution < -0.4 is 11.1 Å². The first-order valence-electron chi connectivity index (χ1n) is 9.67. The van der Waals surface area contributed by atoms with Crippen LogP contribution in [0.3, 0.4) is 0 Å². The lowest BCUT2D eigenvalue weighted by Crippen LogP contribution is -2.50. The number of piperidine rings is 1. The van der Waals surface area contributed by atoms with Gasteiger partial charge in [-0.25, -0.2) is 0 Å². The Labute approximate surface area is 144 Å². The maximum Gasteiger partial charge on any atom is 0.323 e. The number of carbonyl (C=O) groups is 2. The van der Waals surface area contributed by atoms with E-state index in [1.54, 1.807) is 0 Å². The second kappa shape index (κ2) is 7.69. The molecule has 0 spiro atoms. The first kappa shape index (κ1) is 13.3. The summed E-state index contributed by atoms with van der Waals surface area (Å²) in [6.45, 7) is -0.310. The third kappa shape index (κ3) is 4.28. The van der Waals surface area contributed by atoms with Crippen LogP contribution in [-0.4, -0.2) is 51.7 Å². The summed E-state index contributed by atoms with van der Waals surface area (Å²) in [7, 11) is 0. The number of carbonyl (C=O) groups excluding carboxylic acids is 2. The average Bonchev–Trinajstić information content (AvgIpc) is 3.15. The Bertz CT molecular complexity index is 688. The summed E-state index contributed by atoms with van der Waals surface area (Å²) in [6, 6.07) is -2.26. The van der Waals surface area contributed by atoms with Gasteiger partial charge in [0.1, 0.15) is 6.02 Å². The highest BCUT2D eigenvalue weighted by atomic mass is 16.5. The predicted octanol–water partition coefficient (Wildman–Crippen LogP) is -0.445. The zero-order valence-electron chi connectivity index (χ0n) is 16.3. The lowest BCUT2D eigenvalue weighted by atomic mass is 9.69. The number of tetrazole rings is 1. The van der Waals surface area contributed by atoms with Crippen LogP contribution in [0.4, 0.5) is 0 Å². The number of esters is 1. The second-order valence-electron chi connectivity index (χ2n) is 6.36. The number of hydrogen-bond donors (Lipinski definition) is 3. The van der Waals surface area contributed by atoms with E-state index >= 15 is 0 Å². The molecule has 1 saturated carbocycles. The van der Waals surface area contributed by atoms with Crippen LogP contribution in [0.1, 0.15) is 42.0 Å². The normalized spacial score (nSPS) is 36.7. The molecule has 9 nitrogen and oxygen atoms in total. The molecule has 1 aromatic rings. The molecule has 2 fully saturated rings. The van der Waals surface area contributed by atoms with Crippen LogP contribution in [0, 0.1) is 17.8 Å². The maximum atomic E-state index is 12.3. The highest BCUT2D eigenvalue weighted by Crippen LogP contribution is 2.40. The van der Waals surface area contributed by atoms with Crippen molar-refractivity contribution >= 4 is 11.9 Å². The van der Waals surface area contributed by atoms with E-state index < -0.39 is 36.8 Å². The summed E-state index contributed by atoms with van der Waals surface area (Å²) in [5.41, 5.74) is 4.97. The molecule has 24 heavy (non-hydrogen) atoms. The van der Waals surface area contributed by atoms with E-state index in [0.717, 1.165) is 19.3 Å². The van der Waals surface area contributed by atoms with Gasteiger partial charge in [-0.1, -0.05) is 11.6 Å². The van der Waals surface area contributed by atoms with Crippen molar-refractivity contribution < 1.29 is 18.4 Å². The Balaban J connectivity index is 1.68. The van der Waals surface area contributed by atoms with Crippen molar-refractivity contribution in [3.63, 3.8) is 0 Å². The number of aromatic amines is 1. The minimum Gasteiger partial charge on any atom is -0.454 e. The van der Waals surface area contributed by atoms with Crippen molar-refractivity contribution in [2.75, 3.05) is 13.2 Å². The lowest BCUT2D eigenvalue weighted by Gasteiger charge is -2.42. The average molecular weight is 339 g/mol. The summed E-state index contributed by atoms with van der Waals surface area (Å²) < 4.78 is 30.3. The highest BCUT2D eigenvalue weighted by molar-refractivity contribution is 5.81. The van der Waals surface area contributed by atoms with Crippen molar-refractivity contribution in [1.29, 1.82) is 0 Å². The number of hydrogen-bond acceptors (Lipinski definition) is 7. The van der Waals surface area contributed by atoms with Crippen molar-refractivity contribution in [3.8, 4) is 0 Å². The van der Waals surface area contributed by atoms with Crippen LogP contribution in [-0.2, 0) is 20.7 Å². The molecule has 4 N–H and O–H groups in total. The van der Waals surface area contributed by atoms with Crippen LogP contribution in [0.25, 0.3) is 0 Å². The van der Waals surface area contributed by atoms with Gasteiger partial charge < -0.3 is 15.8 Å². The molecule has 0 radical (unpaired) electrons. The van der Waals surface area contributed by atoms with Gasteiger partial charge in [-0.2, -0.15) is 5.21 Å². The van der Waals surface area contributed by atoms with Crippen molar-refractivity contribution in [3.05, 3.63) is 5.82 Å². The number of ether oxygens (including phenoxy) is 1. The first-order valence-corrected chi connectivity index (χ1v) is 8.17. The molecular weight excluding hydrogens is 312 g/mol. The minimum atomic E-state index is -2.26. The molecule has 0 unspecified atom stereocenters. The largest absolute Gasteiger partial charge is 0.454 e. The quantitative estimate of drug-likeness (QED) is 0.597. The molecular formula is C15H24N6O3. The Morgan fingerprint density at radius 1 is 1.42 bits per heavy atom. The van der Waals surface area contributed by atoms with Gasteiger partial charge in [-0.3, -0.25) is 9.59 Å². The fraction of sp³-hybridized carbons (Fsp3) is 0.800. The smallest absolute Gasteiger partial charge is 0.323 e. The number of rotatable bonds is 6.